The van der Waals surface area contributed by atoms with Crippen LogP contribution in [0.1, 0.15) is 31.2 Å². The minimum atomic E-state index is -0.796. The number of halogens is 1. The average Bonchev–Trinajstić information content (AvgIpc) is 3.31. The van der Waals surface area contributed by atoms with Crippen molar-refractivity contribution in [3.8, 4) is 11.3 Å². The molecule has 150 valence electrons. The first-order valence-corrected chi connectivity index (χ1v) is 9.89. The highest BCUT2D eigenvalue weighted by Crippen LogP contribution is 2.32. The van der Waals surface area contributed by atoms with Gasteiger partial charge in [0.2, 0.25) is 5.91 Å². The minimum absolute atomic E-state index is 0.0855. The zero-order valence-corrected chi connectivity index (χ0v) is 16.0. The van der Waals surface area contributed by atoms with Gasteiger partial charge in [0, 0.05) is 29.1 Å². The Hall–Kier alpha value is -3.15. The van der Waals surface area contributed by atoms with Crippen LogP contribution in [-0.4, -0.2) is 28.0 Å². The number of H-pyrrole nitrogens is 1. The van der Waals surface area contributed by atoms with Gasteiger partial charge in [-0.1, -0.05) is 30.3 Å². The molecule has 0 radical (unpaired) electrons. The number of rotatable bonds is 6. The smallest absolute Gasteiger partial charge is 0.306 e. The van der Waals surface area contributed by atoms with E-state index in [1.807, 2.05) is 30.3 Å². The third kappa shape index (κ3) is 4.16. The van der Waals surface area contributed by atoms with Gasteiger partial charge in [-0.15, -0.1) is 0 Å². The maximum atomic E-state index is 13.9. The number of amides is 1. The summed E-state index contributed by atoms with van der Waals surface area (Å²) >= 11 is 0. The lowest BCUT2D eigenvalue weighted by Crippen LogP contribution is -2.33. The Balaban J connectivity index is 1.52. The summed E-state index contributed by atoms with van der Waals surface area (Å²) in [5.41, 5.74) is 3.63. The molecule has 2 atom stereocenters. The topological polar surface area (TPSA) is 82.2 Å². The first-order chi connectivity index (χ1) is 14.0. The molecule has 2 aromatic carbocycles. The van der Waals surface area contributed by atoms with E-state index in [0.29, 0.717) is 25.7 Å². The summed E-state index contributed by atoms with van der Waals surface area (Å²) in [4.78, 5) is 26.9. The van der Waals surface area contributed by atoms with Crippen molar-refractivity contribution in [2.75, 3.05) is 0 Å². The van der Waals surface area contributed by atoms with Crippen molar-refractivity contribution < 1.29 is 19.1 Å². The van der Waals surface area contributed by atoms with Gasteiger partial charge in [0.15, 0.2) is 0 Å². The number of aromatic amines is 1. The molecule has 1 heterocycles. The fourth-order valence-corrected chi connectivity index (χ4v) is 4.21. The summed E-state index contributed by atoms with van der Waals surface area (Å²) in [6.07, 6.45) is 2.50. The zero-order chi connectivity index (χ0) is 20.4. The molecule has 4 rings (SSSR count). The van der Waals surface area contributed by atoms with Gasteiger partial charge in [0.1, 0.15) is 5.82 Å². The average molecular weight is 394 g/mol. The summed E-state index contributed by atoms with van der Waals surface area (Å²) < 4.78 is 13.9. The fourth-order valence-electron chi connectivity index (χ4n) is 4.21. The van der Waals surface area contributed by atoms with E-state index in [2.05, 4.69) is 10.3 Å². The van der Waals surface area contributed by atoms with Crippen molar-refractivity contribution >= 4 is 22.8 Å². The molecule has 0 unspecified atom stereocenters. The Morgan fingerprint density at radius 2 is 1.93 bits per heavy atom. The van der Waals surface area contributed by atoms with E-state index in [4.69, 9.17) is 5.11 Å². The SMILES string of the molecule is O=C(CCc1c(-c2ccccc2)[nH]c2ccc(F)cc12)N[C@@H]1CC[C@H](C(=O)O)C1. The number of carbonyl (C=O) groups is 2. The number of fused-ring (bicyclic) bond motifs is 1. The number of aliphatic carboxylic acids is 1. The number of carbonyl (C=O) groups excluding carboxylic acids is 1. The molecule has 1 amide bonds. The number of carboxylic acids is 1. The zero-order valence-electron chi connectivity index (χ0n) is 16.0. The Morgan fingerprint density at radius 3 is 2.66 bits per heavy atom. The standard InChI is InChI=1S/C23H23FN2O3/c24-16-7-10-20-19(13-16)18(22(26-20)14-4-2-1-3-5-14)9-11-21(27)25-17-8-6-15(12-17)23(28)29/h1-5,7,10,13,15,17,26H,6,8-9,11-12H2,(H,25,27)(H,28,29)/t15-,17+/m0/s1. The van der Waals surface area contributed by atoms with Crippen LogP contribution in [0.25, 0.3) is 22.2 Å². The van der Waals surface area contributed by atoms with Gasteiger partial charge in [-0.25, -0.2) is 4.39 Å². The molecule has 3 N–H and O–H groups in total. The third-order valence-electron chi connectivity index (χ3n) is 5.68. The van der Waals surface area contributed by atoms with Crippen LogP contribution >= 0.6 is 0 Å². The highest BCUT2D eigenvalue weighted by molar-refractivity contribution is 5.91. The van der Waals surface area contributed by atoms with Crippen LogP contribution in [0, 0.1) is 11.7 Å². The maximum absolute atomic E-state index is 13.9. The lowest BCUT2D eigenvalue weighted by Gasteiger charge is -2.13. The second kappa shape index (κ2) is 8.07. The lowest BCUT2D eigenvalue weighted by molar-refractivity contribution is -0.141. The molecule has 3 aromatic rings. The molecule has 6 heteroatoms. The van der Waals surface area contributed by atoms with Gasteiger partial charge in [0.25, 0.3) is 0 Å². The van der Waals surface area contributed by atoms with Crippen LogP contribution in [0.3, 0.4) is 0 Å². The molecular formula is C23H23FN2O3. The van der Waals surface area contributed by atoms with E-state index in [0.717, 1.165) is 27.7 Å². The molecule has 1 aromatic heterocycles. The predicted molar refractivity (Wildman–Crippen MR) is 109 cm³/mol. The largest absolute Gasteiger partial charge is 0.481 e. The molecule has 0 aliphatic heterocycles. The number of hydrogen-bond acceptors (Lipinski definition) is 2. The summed E-state index contributed by atoms with van der Waals surface area (Å²) in [5.74, 6) is -1.59. The van der Waals surface area contributed by atoms with E-state index in [9.17, 15) is 14.0 Å². The van der Waals surface area contributed by atoms with Crippen molar-refractivity contribution in [3.63, 3.8) is 0 Å². The van der Waals surface area contributed by atoms with E-state index in [-0.39, 0.29) is 30.1 Å². The number of aryl methyl sites for hydroxylation is 1. The van der Waals surface area contributed by atoms with Crippen molar-refractivity contribution in [2.45, 2.75) is 38.1 Å². The van der Waals surface area contributed by atoms with Crippen molar-refractivity contribution in [1.82, 2.24) is 10.3 Å². The van der Waals surface area contributed by atoms with Gasteiger partial charge in [0.05, 0.1) is 5.92 Å². The number of hydrogen-bond donors (Lipinski definition) is 3. The quantitative estimate of drug-likeness (QED) is 0.584. The second-order valence-corrected chi connectivity index (χ2v) is 7.65. The highest BCUT2D eigenvalue weighted by atomic mass is 19.1. The Bertz CT molecular complexity index is 1040. The Morgan fingerprint density at radius 1 is 1.14 bits per heavy atom. The number of nitrogens with one attached hydrogen (secondary N) is 2. The molecule has 0 spiro atoms. The van der Waals surface area contributed by atoms with Gasteiger partial charge < -0.3 is 15.4 Å². The predicted octanol–water partition coefficient (Wildman–Crippen LogP) is 4.28. The number of aromatic nitrogens is 1. The summed E-state index contributed by atoms with van der Waals surface area (Å²) in [5, 5.41) is 12.8. The van der Waals surface area contributed by atoms with Crippen LogP contribution in [0.4, 0.5) is 4.39 Å². The van der Waals surface area contributed by atoms with Crippen LogP contribution in [0.2, 0.25) is 0 Å². The van der Waals surface area contributed by atoms with E-state index >= 15 is 0 Å². The molecule has 0 bridgehead atoms. The van der Waals surface area contributed by atoms with Crippen molar-refractivity contribution in [2.24, 2.45) is 5.92 Å². The Kier molecular flexibility index (Phi) is 5.34. The monoisotopic (exact) mass is 394 g/mol. The first kappa shape index (κ1) is 19.2. The maximum Gasteiger partial charge on any atom is 0.306 e. The normalized spacial score (nSPS) is 18.8. The van der Waals surface area contributed by atoms with Crippen LogP contribution in [-0.2, 0) is 16.0 Å². The second-order valence-electron chi connectivity index (χ2n) is 7.65. The molecule has 5 nitrogen and oxygen atoms in total. The summed E-state index contributed by atoms with van der Waals surface area (Å²) in [6, 6.07) is 14.3. The van der Waals surface area contributed by atoms with E-state index in [1.165, 1.54) is 12.1 Å². The molecule has 0 saturated heterocycles. The molecule has 29 heavy (non-hydrogen) atoms. The fraction of sp³-hybridized carbons (Fsp3) is 0.304. The van der Waals surface area contributed by atoms with Crippen LogP contribution in [0.5, 0.6) is 0 Å². The third-order valence-corrected chi connectivity index (χ3v) is 5.68. The van der Waals surface area contributed by atoms with E-state index in [1.54, 1.807) is 6.07 Å². The van der Waals surface area contributed by atoms with Gasteiger partial charge >= 0.3 is 5.97 Å². The van der Waals surface area contributed by atoms with Crippen LogP contribution in [0.15, 0.2) is 48.5 Å². The lowest BCUT2D eigenvalue weighted by atomic mass is 10.0. The van der Waals surface area contributed by atoms with Gasteiger partial charge in [-0.05, 0) is 55.0 Å². The number of benzene rings is 2. The molecule has 1 saturated carbocycles. The van der Waals surface area contributed by atoms with Crippen molar-refractivity contribution in [1.29, 1.82) is 0 Å². The highest BCUT2D eigenvalue weighted by Gasteiger charge is 2.30. The summed E-state index contributed by atoms with van der Waals surface area (Å²) in [7, 11) is 0. The number of carboxylic acid groups (broad SMARTS) is 1. The summed E-state index contributed by atoms with van der Waals surface area (Å²) in [6.45, 7) is 0. The van der Waals surface area contributed by atoms with E-state index < -0.39 is 5.97 Å². The minimum Gasteiger partial charge on any atom is -0.481 e. The first-order valence-electron chi connectivity index (χ1n) is 9.89. The van der Waals surface area contributed by atoms with Crippen LogP contribution < -0.4 is 5.32 Å². The Labute approximate surface area is 167 Å². The molecular weight excluding hydrogens is 371 g/mol. The van der Waals surface area contributed by atoms with Gasteiger partial charge in [-0.2, -0.15) is 0 Å². The van der Waals surface area contributed by atoms with Crippen molar-refractivity contribution in [3.05, 3.63) is 59.9 Å². The molecule has 1 aliphatic carbocycles. The van der Waals surface area contributed by atoms with Gasteiger partial charge in [-0.3, -0.25) is 9.59 Å². The molecule has 1 aliphatic rings. The molecule has 1 fully saturated rings.